The van der Waals surface area contributed by atoms with E-state index in [4.69, 9.17) is 4.99 Å². The summed E-state index contributed by atoms with van der Waals surface area (Å²) in [5.41, 5.74) is 7.89. The first-order chi connectivity index (χ1) is 18.5. The van der Waals surface area contributed by atoms with Gasteiger partial charge in [0.25, 0.3) is 5.91 Å². The van der Waals surface area contributed by atoms with Gasteiger partial charge in [-0.1, -0.05) is 36.4 Å². The highest BCUT2D eigenvalue weighted by atomic mass is 16.2. The molecule has 38 heavy (non-hydrogen) atoms. The maximum atomic E-state index is 12.9. The van der Waals surface area contributed by atoms with Crippen LogP contribution in [0.4, 0.5) is 11.4 Å². The molecule has 1 unspecified atom stereocenters. The standard InChI is InChI=1S/C32H36N4O2/c1-4-36(5-2)32(38)26-12-15-29-28(20-26)30(31(37)34-29)22(3)33-27-13-10-23(11-14-27)21-35-18-16-24-8-6-7-9-25(24)17-19-35/h6-8,10-15,17,20,30H,4-5,9,16,18-19,21H2,1-3H3,(H,34,37). The summed E-state index contributed by atoms with van der Waals surface area (Å²) in [4.78, 5) is 34.8. The fourth-order valence-electron chi connectivity index (χ4n) is 5.53. The molecule has 0 radical (unpaired) electrons. The summed E-state index contributed by atoms with van der Waals surface area (Å²) < 4.78 is 0. The van der Waals surface area contributed by atoms with Crippen LogP contribution in [0.25, 0.3) is 0 Å². The van der Waals surface area contributed by atoms with Gasteiger partial charge >= 0.3 is 0 Å². The normalized spacial score (nSPS) is 19.2. The van der Waals surface area contributed by atoms with E-state index in [-0.39, 0.29) is 11.8 Å². The summed E-state index contributed by atoms with van der Waals surface area (Å²) in [6, 6.07) is 13.8. The summed E-state index contributed by atoms with van der Waals surface area (Å²) in [7, 11) is 0. The summed E-state index contributed by atoms with van der Waals surface area (Å²) in [5.74, 6) is -0.632. The Morgan fingerprint density at radius 3 is 2.66 bits per heavy atom. The van der Waals surface area contributed by atoms with E-state index in [0.29, 0.717) is 24.4 Å². The zero-order chi connectivity index (χ0) is 26.6. The van der Waals surface area contributed by atoms with Gasteiger partial charge in [-0.3, -0.25) is 19.5 Å². The van der Waals surface area contributed by atoms with Crippen LogP contribution in [-0.2, 0) is 11.3 Å². The van der Waals surface area contributed by atoms with Crippen molar-refractivity contribution >= 4 is 28.9 Å². The van der Waals surface area contributed by atoms with Crippen molar-refractivity contribution in [3.63, 3.8) is 0 Å². The first-order valence-electron chi connectivity index (χ1n) is 13.6. The number of allylic oxidation sites excluding steroid dienone is 4. The Balaban J connectivity index is 1.29. The molecular formula is C32H36N4O2. The number of amides is 2. The van der Waals surface area contributed by atoms with Gasteiger partial charge in [0.2, 0.25) is 5.91 Å². The van der Waals surface area contributed by atoms with Crippen LogP contribution < -0.4 is 5.32 Å². The molecule has 2 aromatic rings. The highest BCUT2D eigenvalue weighted by molar-refractivity contribution is 6.18. The number of carbonyl (C=O) groups excluding carboxylic acids is 2. The first-order valence-corrected chi connectivity index (χ1v) is 13.6. The molecule has 1 N–H and O–H groups in total. The number of fused-ring (bicyclic) bond motifs is 2. The molecule has 6 heteroatoms. The molecule has 2 aliphatic heterocycles. The van der Waals surface area contributed by atoms with Gasteiger partial charge in [-0.15, -0.1) is 0 Å². The number of hydrogen-bond acceptors (Lipinski definition) is 4. The summed E-state index contributed by atoms with van der Waals surface area (Å²) in [5, 5.41) is 2.95. The van der Waals surface area contributed by atoms with Crippen LogP contribution in [0, 0.1) is 0 Å². The van der Waals surface area contributed by atoms with E-state index < -0.39 is 5.92 Å². The minimum absolute atomic E-state index is 0.0196. The molecule has 0 aromatic heterocycles. The number of nitrogens with zero attached hydrogens (tertiary/aromatic N) is 3. The molecule has 0 bridgehead atoms. The second kappa shape index (κ2) is 11.3. The van der Waals surface area contributed by atoms with E-state index in [2.05, 4.69) is 46.7 Å². The predicted molar refractivity (Wildman–Crippen MR) is 154 cm³/mol. The number of anilines is 1. The molecule has 5 rings (SSSR count). The van der Waals surface area contributed by atoms with E-state index in [1.165, 1.54) is 16.7 Å². The Morgan fingerprint density at radius 2 is 1.89 bits per heavy atom. The zero-order valence-electron chi connectivity index (χ0n) is 22.5. The van der Waals surface area contributed by atoms with Crippen molar-refractivity contribution in [2.45, 2.75) is 46.1 Å². The van der Waals surface area contributed by atoms with E-state index in [9.17, 15) is 9.59 Å². The highest BCUT2D eigenvalue weighted by Crippen LogP contribution is 2.35. The average Bonchev–Trinajstić information content (AvgIpc) is 3.13. The molecule has 3 aliphatic rings. The van der Waals surface area contributed by atoms with Gasteiger partial charge in [-0.2, -0.15) is 0 Å². The Morgan fingerprint density at radius 1 is 1.11 bits per heavy atom. The Kier molecular flexibility index (Phi) is 7.70. The maximum absolute atomic E-state index is 12.9. The first kappa shape index (κ1) is 25.9. The van der Waals surface area contributed by atoms with Crippen molar-refractivity contribution in [3.05, 3.63) is 94.6 Å². The van der Waals surface area contributed by atoms with E-state index in [0.717, 1.165) is 49.4 Å². The SMILES string of the molecule is CCN(CC)C(=O)c1ccc2c(c1)C(C(C)=Nc1ccc(CN3CC=C4CC=CC=C4CC3)cc1)C(=O)N2. The lowest BCUT2D eigenvalue weighted by atomic mass is 9.94. The molecule has 1 aliphatic carbocycles. The molecule has 0 saturated carbocycles. The van der Waals surface area contributed by atoms with Gasteiger partial charge in [0.15, 0.2) is 0 Å². The molecular weight excluding hydrogens is 472 g/mol. The van der Waals surface area contributed by atoms with E-state index in [1.54, 1.807) is 11.0 Å². The third kappa shape index (κ3) is 5.41. The molecule has 2 aromatic carbocycles. The Bertz CT molecular complexity index is 1350. The zero-order valence-corrected chi connectivity index (χ0v) is 22.5. The number of hydrogen-bond donors (Lipinski definition) is 1. The molecule has 0 saturated heterocycles. The second-order valence-corrected chi connectivity index (χ2v) is 10.2. The minimum atomic E-state index is -0.508. The highest BCUT2D eigenvalue weighted by Gasteiger charge is 2.33. The molecule has 1 atom stereocenters. The van der Waals surface area contributed by atoms with E-state index >= 15 is 0 Å². The van der Waals surface area contributed by atoms with Crippen LogP contribution in [0.2, 0.25) is 0 Å². The predicted octanol–water partition coefficient (Wildman–Crippen LogP) is 6.02. The topological polar surface area (TPSA) is 65.0 Å². The minimum Gasteiger partial charge on any atom is -0.339 e. The average molecular weight is 509 g/mol. The van der Waals surface area contributed by atoms with Crippen molar-refractivity contribution in [1.82, 2.24) is 9.80 Å². The van der Waals surface area contributed by atoms with Crippen LogP contribution in [0.3, 0.4) is 0 Å². The van der Waals surface area contributed by atoms with Gasteiger partial charge in [0, 0.05) is 49.7 Å². The summed E-state index contributed by atoms with van der Waals surface area (Å²) >= 11 is 0. The van der Waals surface area contributed by atoms with Crippen LogP contribution in [-0.4, -0.2) is 53.5 Å². The second-order valence-electron chi connectivity index (χ2n) is 10.2. The monoisotopic (exact) mass is 508 g/mol. The largest absolute Gasteiger partial charge is 0.339 e. The van der Waals surface area contributed by atoms with Crippen LogP contribution in [0.1, 0.15) is 61.0 Å². The van der Waals surface area contributed by atoms with Gasteiger partial charge in [0.1, 0.15) is 5.92 Å². The molecule has 0 spiro atoms. The van der Waals surface area contributed by atoms with Crippen LogP contribution in [0.5, 0.6) is 0 Å². The molecule has 0 fully saturated rings. The molecule has 2 heterocycles. The Labute approximate surface area is 225 Å². The molecule has 196 valence electrons. The summed E-state index contributed by atoms with van der Waals surface area (Å²) in [6.07, 6.45) is 11.1. The van der Waals surface area contributed by atoms with Crippen molar-refractivity contribution in [2.24, 2.45) is 4.99 Å². The number of nitrogens with one attached hydrogen (secondary N) is 1. The van der Waals surface area contributed by atoms with Crippen molar-refractivity contribution in [1.29, 1.82) is 0 Å². The van der Waals surface area contributed by atoms with Crippen molar-refractivity contribution in [3.8, 4) is 0 Å². The molecule has 6 nitrogen and oxygen atoms in total. The van der Waals surface area contributed by atoms with Gasteiger partial charge in [-0.25, -0.2) is 0 Å². The fourth-order valence-corrected chi connectivity index (χ4v) is 5.53. The van der Waals surface area contributed by atoms with Gasteiger partial charge < -0.3 is 10.2 Å². The van der Waals surface area contributed by atoms with Gasteiger partial charge in [0.05, 0.1) is 5.69 Å². The smallest absolute Gasteiger partial charge is 0.253 e. The third-order valence-corrected chi connectivity index (χ3v) is 7.72. The van der Waals surface area contributed by atoms with Gasteiger partial charge in [-0.05, 0) is 86.2 Å². The lowest BCUT2D eigenvalue weighted by Gasteiger charge is -2.19. The molecule has 2 amide bonds. The van der Waals surface area contributed by atoms with Crippen LogP contribution >= 0.6 is 0 Å². The Hall–Kier alpha value is -3.77. The number of rotatable bonds is 7. The lowest BCUT2D eigenvalue weighted by molar-refractivity contribution is -0.115. The summed E-state index contributed by atoms with van der Waals surface area (Å²) in [6.45, 7) is 10.0. The number of benzene rings is 2. The lowest BCUT2D eigenvalue weighted by Crippen LogP contribution is -2.30. The fraction of sp³-hybridized carbons (Fsp3) is 0.344. The number of carbonyl (C=O) groups is 2. The van der Waals surface area contributed by atoms with Crippen molar-refractivity contribution in [2.75, 3.05) is 31.5 Å². The van der Waals surface area contributed by atoms with E-state index in [1.807, 2.05) is 45.0 Å². The van der Waals surface area contributed by atoms with Crippen LogP contribution in [0.15, 0.2) is 82.9 Å². The maximum Gasteiger partial charge on any atom is 0.253 e. The quantitative estimate of drug-likeness (QED) is 0.466. The van der Waals surface area contributed by atoms with Crippen molar-refractivity contribution < 1.29 is 9.59 Å². The third-order valence-electron chi connectivity index (χ3n) is 7.72. The number of aliphatic imine (C=N–C) groups is 1.